The van der Waals surface area contributed by atoms with E-state index < -0.39 is 12.0 Å². The quantitative estimate of drug-likeness (QED) is 0.843. The normalized spacial score (nSPS) is 12.5. The number of aliphatic carboxylic acids is 1. The molecule has 2 aromatic rings. The van der Waals surface area contributed by atoms with Gasteiger partial charge in [-0.2, -0.15) is 0 Å². The van der Waals surface area contributed by atoms with E-state index in [0.717, 1.165) is 10.8 Å². The van der Waals surface area contributed by atoms with E-state index in [4.69, 9.17) is 0 Å². The second-order valence-electron chi connectivity index (χ2n) is 3.78. The van der Waals surface area contributed by atoms with Gasteiger partial charge in [0.1, 0.15) is 6.04 Å². The fraction of sp³-hybridized carbons (Fsp3) is 0.231. The van der Waals surface area contributed by atoms with Crippen LogP contribution in [0.25, 0.3) is 10.8 Å². The van der Waals surface area contributed by atoms with Gasteiger partial charge < -0.3 is 10.4 Å². The maximum Gasteiger partial charge on any atom is 0.325 e. The molecule has 1 aromatic heterocycles. The maximum absolute atomic E-state index is 11.2. The van der Waals surface area contributed by atoms with Crippen molar-refractivity contribution < 1.29 is 9.90 Å². The van der Waals surface area contributed by atoms with Crippen molar-refractivity contribution in [3.63, 3.8) is 0 Å². The van der Waals surface area contributed by atoms with Crippen molar-refractivity contribution in [3.05, 3.63) is 42.2 Å². The number of carbonyl (C=O) groups is 1. The van der Waals surface area contributed by atoms with Gasteiger partial charge >= 0.3 is 5.97 Å². The smallest absolute Gasteiger partial charge is 0.325 e. The molecule has 4 nitrogen and oxygen atoms in total. The number of likely N-dealkylation sites (N-methyl/N-ethyl adjacent to an activating group) is 1. The van der Waals surface area contributed by atoms with Crippen molar-refractivity contribution >= 4 is 16.7 Å². The van der Waals surface area contributed by atoms with Crippen LogP contribution >= 0.6 is 0 Å². The second kappa shape index (κ2) is 4.93. The molecular weight excluding hydrogens is 216 g/mol. The summed E-state index contributed by atoms with van der Waals surface area (Å²) in [5, 5.41) is 14.1. The van der Waals surface area contributed by atoms with Crippen molar-refractivity contribution in [2.75, 3.05) is 6.54 Å². The standard InChI is InChI=1S/C13H14N2O2/c1-2-15-12(13(16)17)11-8-14-7-9-5-3-4-6-10(9)11/h3-8,12,15H,2H2,1H3,(H,16,17). The van der Waals surface area contributed by atoms with Gasteiger partial charge in [0, 0.05) is 23.3 Å². The summed E-state index contributed by atoms with van der Waals surface area (Å²) in [6, 6.07) is 6.95. The highest BCUT2D eigenvalue weighted by Gasteiger charge is 2.20. The number of aromatic nitrogens is 1. The highest BCUT2D eigenvalue weighted by atomic mass is 16.4. The van der Waals surface area contributed by atoms with E-state index in [-0.39, 0.29) is 0 Å². The third kappa shape index (κ3) is 2.26. The molecule has 0 bridgehead atoms. The second-order valence-corrected chi connectivity index (χ2v) is 3.78. The lowest BCUT2D eigenvalue weighted by Crippen LogP contribution is -2.28. The van der Waals surface area contributed by atoms with Crippen LogP contribution in [0, 0.1) is 0 Å². The van der Waals surface area contributed by atoms with Gasteiger partial charge in [0.2, 0.25) is 0 Å². The molecule has 0 fully saturated rings. The predicted molar refractivity (Wildman–Crippen MR) is 65.8 cm³/mol. The van der Waals surface area contributed by atoms with Gasteiger partial charge in [0.25, 0.3) is 0 Å². The van der Waals surface area contributed by atoms with Crippen LogP contribution in [-0.4, -0.2) is 22.6 Å². The fourth-order valence-corrected chi connectivity index (χ4v) is 1.90. The third-order valence-electron chi connectivity index (χ3n) is 2.67. The fourth-order valence-electron chi connectivity index (χ4n) is 1.90. The molecule has 0 amide bonds. The average Bonchev–Trinajstić information content (AvgIpc) is 2.35. The first-order valence-electron chi connectivity index (χ1n) is 5.53. The summed E-state index contributed by atoms with van der Waals surface area (Å²) >= 11 is 0. The molecule has 1 atom stereocenters. The van der Waals surface area contributed by atoms with Crippen molar-refractivity contribution in [2.45, 2.75) is 13.0 Å². The molecule has 4 heteroatoms. The summed E-state index contributed by atoms with van der Waals surface area (Å²) in [5.41, 5.74) is 0.706. The van der Waals surface area contributed by atoms with Gasteiger partial charge in [0.05, 0.1) is 0 Å². The Kier molecular flexibility index (Phi) is 3.35. The molecule has 0 spiro atoms. The van der Waals surface area contributed by atoms with Crippen LogP contribution in [0.2, 0.25) is 0 Å². The van der Waals surface area contributed by atoms with E-state index in [1.165, 1.54) is 0 Å². The molecular formula is C13H14N2O2. The number of fused-ring (bicyclic) bond motifs is 1. The topological polar surface area (TPSA) is 62.2 Å². The van der Waals surface area contributed by atoms with E-state index in [0.29, 0.717) is 12.1 Å². The molecule has 1 aromatic carbocycles. The van der Waals surface area contributed by atoms with Crippen molar-refractivity contribution in [1.29, 1.82) is 0 Å². The molecule has 0 radical (unpaired) electrons. The minimum atomic E-state index is -0.884. The van der Waals surface area contributed by atoms with Gasteiger partial charge in [-0.05, 0) is 11.9 Å². The largest absolute Gasteiger partial charge is 0.480 e. The van der Waals surface area contributed by atoms with Gasteiger partial charge in [0.15, 0.2) is 0 Å². The summed E-state index contributed by atoms with van der Waals surface area (Å²) in [6.07, 6.45) is 3.35. The first-order chi connectivity index (χ1) is 8.24. The Morgan fingerprint density at radius 3 is 2.88 bits per heavy atom. The van der Waals surface area contributed by atoms with Gasteiger partial charge in [-0.15, -0.1) is 0 Å². The van der Waals surface area contributed by atoms with Crippen molar-refractivity contribution in [3.8, 4) is 0 Å². The molecule has 0 saturated heterocycles. The van der Waals surface area contributed by atoms with Gasteiger partial charge in [-0.1, -0.05) is 31.2 Å². The van der Waals surface area contributed by atoms with E-state index in [1.807, 2.05) is 31.2 Å². The average molecular weight is 230 g/mol. The Morgan fingerprint density at radius 2 is 2.18 bits per heavy atom. The number of nitrogens with one attached hydrogen (secondary N) is 1. The molecule has 2 rings (SSSR count). The summed E-state index contributed by atoms with van der Waals surface area (Å²) in [4.78, 5) is 15.3. The third-order valence-corrected chi connectivity index (χ3v) is 2.67. The lowest BCUT2D eigenvalue weighted by molar-refractivity contribution is -0.139. The first kappa shape index (κ1) is 11.5. The number of carboxylic acid groups (broad SMARTS) is 1. The maximum atomic E-state index is 11.2. The highest BCUT2D eigenvalue weighted by molar-refractivity contribution is 5.89. The molecule has 0 aliphatic heterocycles. The highest BCUT2D eigenvalue weighted by Crippen LogP contribution is 2.23. The van der Waals surface area contributed by atoms with Crippen molar-refractivity contribution in [2.24, 2.45) is 0 Å². The number of hydrogen-bond donors (Lipinski definition) is 2. The Bertz CT molecular complexity index is 534. The lowest BCUT2D eigenvalue weighted by atomic mass is 10.0. The zero-order chi connectivity index (χ0) is 12.3. The molecule has 1 unspecified atom stereocenters. The van der Waals surface area contributed by atoms with E-state index in [9.17, 15) is 9.90 Å². The summed E-state index contributed by atoms with van der Waals surface area (Å²) in [5.74, 6) is -0.884. The van der Waals surface area contributed by atoms with Crippen LogP contribution < -0.4 is 5.32 Å². The Labute approximate surface area is 99.3 Å². The molecule has 0 saturated carbocycles. The number of nitrogens with zero attached hydrogens (tertiary/aromatic N) is 1. The molecule has 2 N–H and O–H groups in total. The molecule has 0 aliphatic rings. The summed E-state index contributed by atoms with van der Waals surface area (Å²) in [7, 11) is 0. The van der Waals surface area contributed by atoms with Gasteiger partial charge in [-0.25, -0.2) is 0 Å². The van der Waals surface area contributed by atoms with Crippen LogP contribution in [0.3, 0.4) is 0 Å². The van der Waals surface area contributed by atoms with Crippen LogP contribution in [0.15, 0.2) is 36.7 Å². The van der Waals surface area contributed by atoms with Gasteiger partial charge in [-0.3, -0.25) is 9.78 Å². The number of benzene rings is 1. The molecule has 1 heterocycles. The number of hydrogen-bond acceptors (Lipinski definition) is 3. The first-order valence-corrected chi connectivity index (χ1v) is 5.53. The molecule has 0 aliphatic carbocycles. The van der Waals surface area contributed by atoms with E-state index in [1.54, 1.807) is 12.4 Å². The molecule has 17 heavy (non-hydrogen) atoms. The number of pyridine rings is 1. The van der Waals surface area contributed by atoms with Crippen molar-refractivity contribution in [1.82, 2.24) is 10.3 Å². The monoisotopic (exact) mass is 230 g/mol. The minimum Gasteiger partial charge on any atom is -0.480 e. The lowest BCUT2D eigenvalue weighted by Gasteiger charge is -2.15. The zero-order valence-corrected chi connectivity index (χ0v) is 9.55. The Morgan fingerprint density at radius 1 is 1.41 bits per heavy atom. The number of carboxylic acids is 1. The van der Waals surface area contributed by atoms with Crippen LogP contribution in [-0.2, 0) is 4.79 Å². The Balaban J connectivity index is 2.56. The van der Waals surface area contributed by atoms with E-state index >= 15 is 0 Å². The predicted octanol–water partition coefficient (Wildman–Crippen LogP) is 1.97. The number of rotatable bonds is 4. The zero-order valence-electron chi connectivity index (χ0n) is 9.55. The molecule has 88 valence electrons. The van der Waals surface area contributed by atoms with Crippen LogP contribution in [0.1, 0.15) is 18.5 Å². The summed E-state index contributed by atoms with van der Waals surface area (Å²) in [6.45, 7) is 2.48. The summed E-state index contributed by atoms with van der Waals surface area (Å²) < 4.78 is 0. The van der Waals surface area contributed by atoms with Crippen LogP contribution in [0.5, 0.6) is 0 Å². The van der Waals surface area contributed by atoms with E-state index in [2.05, 4.69) is 10.3 Å². The Hall–Kier alpha value is -1.94. The SMILES string of the molecule is CCNC(C(=O)O)c1cncc2ccccc12. The minimum absolute atomic E-state index is 0.597. The van der Waals surface area contributed by atoms with Crippen LogP contribution in [0.4, 0.5) is 0 Å².